The third-order valence-electron chi connectivity index (χ3n) is 7.59. The highest BCUT2D eigenvalue weighted by molar-refractivity contribution is 7.22. The molecule has 1 saturated heterocycles. The highest BCUT2D eigenvalue weighted by atomic mass is 32.1. The van der Waals surface area contributed by atoms with Crippen LogP contribution in [0.3, 0.4) is 0 Å². The van der Waals surface area contributed by atoms with Crippen molar-refractivity contribution in [2.45, 2.75) is 46.1 Å². The van der Waals surface area contributed by atoms with Crippen molar-refractivity contribution in [3.05, 3.63) is 76.9 Å². The fraction of sp³-hybridized carbons (Fsp3) is 0.324. The van der Waals surface area contributed by atoms with Crippen molar-refractivity contribution in [3.8, 4) is 23.0 Å². The number of carbonyl (C=O) groups is 2. The van der Waals surface area contributed by atoms with E-state index in [1.165, 1.54) is 16.2 Å². The van der Waals surface area contributed by atoms with Crippen LogP contribution >= 0.6 is 11.3 Å². The average Bonchev–Trinajstić information content (AvgIpc) is 3.56. The van der Waals surface area contributed by atoms with Gasteiger partial charge in [0.1, 0.15) is 19.0 Å². The summed E-state index contributed by atoms with van der Waals surface area (Å²) in [6.07, 6.45) is 3.04. The molecule has 0 radical (unpaired) electrons. The number of fused-ring (bicyclic) bond motifs is 2. The van der Waals surface area contributed by atoms with E-state index in [1.807, 2.05) is 32.0 Å². The maximum absolute atomic E-state index is 13.8. The van der Waals surface area contributed by atoms with Gasteiger partial charge in [0.25, 0.3) is 5.78 Å². The van der Waals surface area contributed by atoms with Gasteiger partial charge >= 0.3 is 5.91 Å². The van der Waals surface area contributed by atoms with Crippen molar-refractivity contribution in [2.24, 2.45) is 0 Å². The quantitative estimate of drug-likeness (QED) is 0.0883. The van der Waals surface area contributed by atoms with E-state index >= 15 is 0 Å². The Hall–Kier alpha value is -4.57. The van der Waals surface area contributed by atoms with Crippen LogP contribution in [0, 0.1) is 6.92 Å². The summed E-state index contributed by atoms with van der Waals surface area (Å²) in [5, 5.41) is 12.0. The molecular weight excluding hydrogens is 580 g/mol. The van der Waals surface area contributed by atoms with Gasteiger partial charge in [-0.05, 0) is 73.9 Å². The summed E-state index contributed by atoms with van der Waals surface area (Å²) in [6, 6.07) is 15.2. The van der Waals surface area contributed by atoms with E-state index in [0.717, 1.165) is 29.5 Å². The zero-order chi connectivity index (χ0) is 30.8. The molecule has 1 N–H and O–H groups in total. The van der Waals surface area contributed by atoms with Crippen molar-refractivity contribution >= 4 is 44.1 Å². The number of carbonyl (C=O) groups excluding carboxylic acids is 2. The number of benzene rings is 3. The number of unbranched alkanes of at least 4 members (excludes halogenated alkanes) is 2. The molecule has 2 aliphatic rings. The van der Waals surface area contributed by atoms with Gasteiger partial charge in [-0.25, -0.2) is 4.98 Å². The van der Waals surface area contributed by atoms with Crippen LogP contribution in [0.4, 0.5) is 5.13 Å². The second kappa shape index (κ2) is 12.6. The zero-order valence-electron chi connectivity index (χ0n) is 24.9. The molecule has 1 atom stereocenters. The summed E-state index contributed by atoms with van der Waals surface area (Å²) < 4.78 is 24.2. The zero-order valence-corrected chi connectivity index (χ0v) is 25.7. The number of ether oxygens (including phenoxy) is 4. The summed E-state index contributed by atoms with van der Waals surface area (Å²) in [7, 11) is 0. The monoisotopic (exact) mass is 614 g/mol. The summed E-state index contributed by atoms with van der Waals surface area (Å²) >= 11 is 1.32. The van der Waals surface area contributed by atoms with Crippen LogP contribution in [0.25, 0.3) is 16.0 Å². The average molecular weight is 615 g/mol. The van der Waals surface area contributed by atoms with Crippen LogP contribution < -0.4 is 23.8 Å². The highest BCUT2D eigenvalue weighted by Crippen LogP contribution is 2.46. The largest absolute Gasteiger partial charge is 0.507 e. The molecule has 1 amide bonds. The fourth-order valence-corrected chi connectivity index (χ4v) is 6.52. The Kier molecular flexibility index (Phi) is 8.43. The van der Waals surface area contributed by atoms with Crippen LogP contribution in [0.2, 0.25) is 0 Å². The van der Waals surface area contributed by atoms with E-state index in [9.17, 15) is 14.7 Å². The van der Waals surface area contributed by atoms with Crippen molar-refractivity contribution in [2.75, 3.05) is 31.3 Å². The summed E-state index contributed by atoms with van der Waals surface area (Å²) in [4.78, 5) is 33.7. The predicted octanol–water partition coefficient (Wildman–Crippen LogP) is 6.97. The summed E-state index contributed by atoms with van der Waals surface area (Å²) in [6.45, 7) is 7.72. The molecule has 2 aliphatic heterocycles. The van der Waals surface area contributed by atoms with Gasteiger partial charge in [0, 0.05) is 5.56 Å². The van der Waals surface area contributed by atoms with E-state index in [2.05, 4.69) is 6.92 Å². The third-order valence-corrected chi connectivity index (χ3v) is 8.61. The smallest absolute Gasteiger partial charge is 0.301 e. The molecule has 3 heterocycles. The van der Waals surface area contributed by atoms with Crippen molar-refractivity contribution in [3.63, 3.8) is 0 Å². The first kappa shape index (κ1) is 29.5. The van der Waals surface area contributed by atoms with Crippen molar-refractivity contribution in [1.29, 1.82) is 0 Å². The number of hydrogen-bond acceptors (Lipinski definition) is 9. The Bertz CT molecular complexity index is 1760. The molecule has 44 heavy (non-hydrogen) atoms. The molecule has 3 aromatic carbocycles. The molecule has 0 aliphatic carbocycles. The molecule has 0 unspecified atom stereocenters. The van der Waals surface area contributed by atoms with Gasteiger partial charge in [-0.15, -0.1) is 0 Å². The molecule has 10 heteroatoms. The number of thiazole rings is 1. The molecule has 0 spiro atoms. The molecule has 6 rings (SSSR count). The molecule has 4 aromatic rings. The minimum Gasteiger partial charge on any atom is -0.507 e. The van der Waals surface area contributed by atoms with E-state index < -0.39 is 17.7 Å². The van der Waals surface area contributed by atoms with Crippen LogP contribution in [0.15, 0.2) is 60.2 Å². The SMILES string of the molecule is CCCCCOc1ccc([C@@H]2/C(=C(\O)c3ccc4c(c3)OCCO4)C(=O)C(=O)N2c2nc3ccc(C)cc3s2)cc1OCC. The van der Waals surface area contributed by atoms with Crippen LogP contribution in [0.5, 0.6) is 23.0 Å². The second-order valence-electron chi connectivity index (χ2n) is 10.7. The molecule has 0 saturated carbocycles. The van der Waals surface area contributed by atoms with Crippen LogP contribution in [-0.2, 0) is 9.59 Å². The first-order valence-electron chi connectivity index (χ1n) is 14.9. The summed E-state index contributed by atoms with van der Waals surface area (Å²) in [5.74, 6) is 0.166. The first-order valence-corrected chi connectivity index (χ1v) is 15.7. The van der Waals surface area contributed by atoms with E-state index in [-0.39, 0.29) is 11.3 Å². The number of aryl methyl sites for hydroxylation is 1. The number of nitrogens with zero attached hydrogens (tertiary/aromatic N) is 2. The Morgan fingerprint density at radius 3 is 2.59 bits per heavy atom. The van der Waals surface area contributed by atoms with Crippen molar-refractivity contribution in [1.82, 2.24) is 4.98 Å². The molecule has 1 fully saturated rings. The van der Waals surface area contributed by atoms with Crippen LogP contribution in [-0.4, -0.2) is 48.2 Å². The Morgan fingerprint density at radius 2 is 1.80 bits per heavy atom. The maximum atomic E-state index is 13.8. The Balaban J connectivity index is 1.49. The Labute approximate surface area is 259 Å². The second-order valence-corrected chi connectivity index (χ2v) is 11.7. The lowest BCUT2D eigenvalue weighted by molar-refractivity contribution is -0.132. The lowest BCUT2D eigenvalue weighted by atomic mass is 9.95. The molecule has 9 nitrogen and oxygen atoms in total. The molecule has 1 aromatic heterocycles. The van der Waals surface area contributed by atoms with E-state index in [4.69, 9.17) is 23.9 Å². The first-order chi connectivity index (χ1) is 21.4. The van der Waals surface area contributed by atoms with Gasteiger partial charge in [-0.3, -0.25) is 14.5 Å². The standard InChI is InChI=1S/C34H34N2O7S/c1-4-6-7-14-41-24-12-9-21(18-26(24)40-5-2)30-29(31(37)22-10-13-25-27(19-22)43-16-15-42-25)32(38)33(39)36(30)34-35-23-11-8-20(3)17-28(23)44-34/h8-13,17-19,30,37H,4-7,14-16H2,1-3H3/b31-29+/t30-/m1/s1. The number of amides is 1. The maximum Gasteiger partial charge on any atom is 0.301 e. The lowest BCUT2D eigenvalue weighted by Crippen LogP contribution is -2.29. The predicted molar refractivity (Wildman–Crippen MR) is 169 cm³/mol. The molecular formula is C34H34N2O7S. The van der Waals surface area contributed by atoms with Gasteiger partial charge in [-0.1, -0.05) is 43.2 Å². The number of aromatic nitrogens is 1. The van der Waals surface area contributed by atoms with Gasteiger partial charge in [0.2, 0.25) is 0 Å². The number of Topliss-reactive ketones (excluding diaryl/α,β-unsaturated/α-hetero) is 1. The Morgan fingerprint density at radius 1 is 0.977 bits per heavy atom. The number of anilines is 1. The van der Waals surface area contributed by atoms with Gasteiger partial charge in [-0.2, -0.15) is 0 Å². The number of hydrogen-bond donors (Lipinski definition) is 1. The van der Waals surface area contributed by atoms with Gasteiger partial charge in [0.15, 0.2) is 28.1 Å². The third kappa shape index (κ3) is 5.57. The molecule has 228 valence electrons. The molecule has 0 bridgehead atoms. The minimum atomic E-state index is -0.974. The number of ketones is 1. The number of aliphatic hydroxyl groups is 1. The number of rotatable bonds is 10. The lowest BCUT2D eigenvalue weighted by Gasteiger charge is -2.24. The minimum absolute atomic E-state index is 0.0545. The summed E-state index contributed by atoms with van der Waals surface area (Å²) in [5.41, 5.74) is 2.62. The van der Waals surface area contributed by atoms with Gasteiger partial charge < -0.3 is 24.1 Å². The van der Waals surface area contributed by atoms with Gasteiger partial charge in [0.05, 0.1) is 35.0 Å². The van der Waals surface area contributed by atoms with E-state index in [1.54, 1.807) is 36.4 Å². The topological polar surface area (TPSA) is 107 Å². The van der Waals surface area contributed by atoms with Crippen molar-refractivity contribution < 1.29 is 33.6 Å². The van der Waals surface area contributed by atoms with Crippen LogP contribution in [0.1, 0.15) is 55.8 Å². The number of aliphatic hydroxyl groups excluding tert-OH is 1. The van der Waals surface area contributed by atoms with E-state index in [0.29, 0.717) is 71.2 Å². The normalized spacial score (nSPS) is 17.3. The highest BCUT2D eigenvalue weighted by Gasteiger charge is 2.48. The fourth-order valence-electron chi connectivity index (χ4n) is 5.43.